The summed E-state index contributed by atoms with van der Waals surface area (Å²) >= 11 is 2.18. The molecule has 2 N–H and O–H groups in total. The van der Waals surface area contributed by atoms with E-state index in [4.69, 9.17) is 0 Å². The summed E-state index contributed by atoms with van der Waals surface area (Å²) < 4.78 is 1.03. The van der Waals surface area contributed by atoms with Crippen molar-refractivity contribution in [3.05, 3.63) is 40.0 Å². The van der Waals surface area contributed by atoms with Gasteiger partial charge in [-0.05, 0) is 59.0 Å². The highest BCUT2D eigenvalue weighted by molar-refractivity contribution is 14.1. The number of hydrogen-bond donors (Lipinski definition) is 2. The van der Waals surface area contributed by atoms with Crippen molar-refractivity contribution in [2.75, 3.05) is 5.32 Å². The van der Waals surface area contributed by atoms with Crippen molar-refractivity contribution in [1.82, 2.24) is 0 Å². The fraction of sp³-hybridized carbons (Fsp3) is 0.333. The van der Waals surface area contributed by atoms with Crippen LogP contribution in [0.4, 0.5) is 5.69 Å². The first-order chi connectivity index (χ1) is 9.56. The first kappa shape index (κ1) is 13.6. The number of carbonyl (C=O) groups excluding carboxylic acids is 1. The van der Waals surface area contributed by atoms with E-state index in [2.05, 4.69) is 27.9 Å². The summed E-state index contributed by atoms with van der Waals surface area (Å²) in [5.41, 5.74) is 0.720. The lowest BCUT2D eigenvalue weighted by atomic mass is 9.82. The van der Waals surface area contributed by atoms with Crippen LogP contribution in [0.25, 0.3) is 0 Å². The quantitative estimate of drug-likeness (QED) is 0.623. The molecule has 5 heteroatoms. The molecule has 0 aromatic heterocycles. The molecule has 0 heterocycles. The minimum Gasteiger partial charge on any atom is -0.481 e. The van der Waals surface area contributed by atoms with Crippen molar-refractivity contribution < 1.29 is 14.7 Å². The van der Waals surface area contributed by atoms with Crippen molar-refractivity contribution in [3.63, 3.8) is 0 Å². The summed E-state index contributed by atoms with van der Waals surface area (Å²) in [6, 6.07) is 7.50. The number of halogens is 1. The number of allylic oxidation sites excluding steroid dienone is 2. The van der Waals surface area contributed by atoms with Crippen LogP contribution in [0, 0.1) is 27.2 Å². The van der Waals surface area contributed by atoms with E-state index in [9.17, 15) is 14.7 Å². The average Bonchev–Trinajstić information content (AvgIpc) is 2.98. The molecule has 0 saturated heterocycles. The Labute approximate surface area is 130 Å². The third kappa shape index (κ3) is 2.34. The van der Waals surface area contributed by atoms with E-state index >= 15 is 0 Å². The molecule has 4 atom stereocenters. The summed E-state index contributed by atoms with van der Waals surface area (Å²) in [5.74, 6) is -2.04. The van der Waals surface area contributed by atoms with Crippen molar-refractivity contribution in [2.24, 2.45) is 23.7 Å². The zero-order valence-electron chi connectivity index (χ0n) is 10.6. The second kappa shape index (κ2) is 5.20. The Bertz CT molecular complexity index is 599. The van der Waals surface area contributed by atoms with Gasteiger partial charge in [-0.15, -0.1) is 0 Å². The van der Waals surface area contributed by atoms with Crippen LogP contribution in [0.15, 0.2) is 36.4 Å². The number of nitrogens with one attached hydrogen (secondary N) is 1. The van der Waals surface area contributed by atoms with Crippen molar-refractivity contribution in [2.45, 2.75) is 6.42 Å². The Morgan fingerprint density at radius 3 is 2.55 bits per heavy atom. The summed E-state index contributed by atoms with van der Waals surface area (Å²) in [6.07, 6.45) is 4.71. The molecule has 2 aliphatic carbocycles. The SMILES string of the molecule is O=C(O)[C@@H]1[C@@H](C(=O)Nc2cccc(I)c2)[C@H]2C=C[C@H]1C2. The van der Waals surface area contributed by atoms with Crippen molar-refractivity contribution >= 4 is 40.2 Å². The first-order valence-corrected chi connectivity index (χ1v) is 7.61. The monoisotopic (exact) mass is 383 g/mol. The molecule has 0 unspecified atom stereocenters. The molecule has 4 nitrogen and oxygen atoms in total. The van der Waals surface area contributed by atoms with Gasteiger partial charge in [0.25, 0.3) is 0 Å². The van der Waals surface area contributed by atoms with Gasteiger partial charge >= 0.3 is 5.97 Å². The van der Waals surface area contributed by atoms with Gasteiger partial charge in [0.15, 0.2) is 0 Å². The zero-order chi connectivity index (χ0) is 14.3. The van der Waals surface area contributed by atoms with Crippen LogP contribution in [-0.2, 0) is 9.59 Å². The molecular formula is C15H14INO3. The van der Waals surface area contributed by atoms with Crippen molar-refractivity contribution in [3.8, 4) is 0 Å². The lowest BCUT2D eigenvalue weighted by Gasteiger charge is -2.23. The highest BCUT2D eigenvalue weighted by atomic mass is 127. The molecule has 20 heavy (non-hydrogen) atoms. The van der Waals surface area contributed by atoms with Crippen LogP contribution in [-0.4, -0.2) is 17.0 Å². The number of benzene rings is 1. The van der Waals surface area contributed by atoms with Gasteiger partial charge in [0.05, 0.1) is 11.8 Å². The lowest BCUT2D eigenvalue weighted by molar-refractivity contribution is -0.146. The maximum Gasteiger partial charge on any atom is 0.307 e. The van der Waals surface area contributed by atoms with Gasteiger partial charge in [-0.3, -0.25) is 9.59 Å². The van der Waals surface area contributed by atoms with Gasteiger partial charge in [0.1, 0.15) is 0 Å². The van der Waals surface area contributed by atoms with E-state index in [0.717, 1.165) is 15.7 Å². The van der Waals surface area contributed by atoms with Gasteiger partial charge < -0.3 is 10.4 Å². The summed E-state index contributed by atoms with van der Waals surface area (Å²) in [7, 11) is 0. The van der Waals surface area contributed by atoms with E-state index in [1.165, 1.54) is 0 Å². The predicted octanol–water partition coefficient (Wildman–Crippen LogP) is 2.75. The summed E-state index contributed by atoms with van der Waals surface area (Å²) in [4.78, 5) is 23.8. The van der Waals surface area contributed by atoms with E-state index in [1.807, 2.05) is 36.4 Å². The highest BCUT2D eigenvalue weighted by Gasteiger charge is 2.51. The number of anilines is 1. The standard InChI is InChI=1S/C15H14INO3/c16-10-2-1-3-11(7-10)17-14(18)12-8-4-5-9(6-8)13(12)15(19)20/h1-5,7-9,12-13H,6H2,(H,17,18)(H,19,20)/t8-,9-,12-,13-/m0/s1. The molecule has 0 aliphatic heterocycles. The molecule has 1 amide bonds. The molecule has 0 spiro atoms. The minimum absolute atomic E-state index is 0.00385. The van der Waals surface area contributed by atoms with E-state index in [1.54, 1.807) is 0 Å². The molecule has 104 valence electrons. The van der Waals surface area contributed by atoms with Gasteiger partial charge in [0.2, 0.25) is 5.91 Å². The number of amides is 1. The van der Waals surface area contributed by atoms with Crippen LogP contribution in [0.2, 0.25) is 0 Å². The number of carboxylic acid groups (broad SMARTS) is 1. The molecule has 1 fully saturated rings. The fourth-order valence-electron chi connectivity index (χ4n) is 3.31. The second-order valence-corrected chi connectivity index (χ2v) is 6.58. The predicted molar refractivity (Wildman–Crippen MR) is 83.1 cm³/mol. The van der Waals surface area contributed by atoms with Crippen LogP contribution in [0.1, 0.15) is 6.42 Å². The Morgan fingerprint density at radius 2 is 1.90 bits per heavy atom. The number of hydrogen-bond acceptors (Lipinski definition) is 2. The minimum atomic E-state index is -0.871. The molecule has 0 radical (unpaired) electrons. The van der Waals surface area contributed by atoms with Crippen LogP contribution < -0.4 is 5.32 Å². The molecule has 1 saturated carbocycles. The van der Waals surface area contributed by atoms with Crippen LogP contribution >= 0.6 is 22.6 Å². The molecule has 1 aromatic rings. The molecule has 2 aliphatic rings. The first-order valence-electron chi connectivity index (χ1n) is 6.54. The Hall–Kier alpha value is -1.37. The molecule has 3 rings (SSSR count). The van der Waals surface area contributed by atoms with Gasteiger partial charge in [-0.2, -0.15) is 0 Å². The topological polar surface area (TPSA) is 66.4 Å². The average molecular weight is 383 g/mol. The Balaban J connectivity index is 1.80. The largest absolute Gasteiger partial charge is 0.481 e. The molecular weight excluding hydrogens is 369 g/mol. The number of carboxylic acids is 1. The second-order valence-electron chi connectivity index (χ2n) is 5.34. The molecule has 1 aromatic carbocycles. The van der Waals surface area contributed by atoms with Crippen LogP contribution in [0.5, 0.6) is 0 Å². The third-order valence-corrected chi connectivity index (χ3v) is 4.81. The van der Waals surface area contributed by atoms with Gasteiger partial charge in [-0.25, -0.2) is 0 Å². The fourth-order valence-corrected chi connectivity index (χ4v) is 3.85. The number of fused-ring (bicyclic) bond motifs is 2. The van der Waals surface area contributed by atoms with Crippen molar-refractivity contribution in [1.29, 1.82) is 0 Å². The normalized spacial score (nSPS) is 30.4. The number of aliphatic carboxylic acids is 1. The van der Waals surface area contributed by atoms with Crippen LogP contribution in [0.3, 0.4) is 0 Å². The summed E-state index contributed by atoms with van der Waals surface area (Å²) in [5, 5.41) is 12.2. The van der Waals surface area contributed by atoms with Gasteiger partial charge in [-0.1, -0.05) is 18.2 Å². The van der Waals surface area contributed by atoms with Gasteiger partial charge in [0, 0.05) is 9.26 Å². The zero-order valence-corrected chi connectivity index (χ0v) is 12.8. The number of rotatable bonds is 3. The Morgan fingerprint density at radius 1 is 1.20 bits per heavy atom. The van der Waals surface area contributed by atoms with E-state index < -0.39 is 17.8 Å². The smallest absolute Gasteiger partial charge is 0.307 e. The van der Waals surface area contributed by atoms with E-state index in [-0.39, 0.29) is 17.7 Å². The molecule has 2 bridgehead atoms. The van der Waals surface area contributed by atoms with E-state index in [0.29, 0.717) is 0 Å². The Kier molecular flexibility index (Phi) is 3.54. The maximum atomic E-state index is 12.4. The number of carbonyl (C=O) groups is 2. The maximum absolute atomic E-state index is 12.4. The highest BCUT2D eigenvalue weighted by Crippen LogP contribution is 2.48. The summed E-state index contributed by atoms with van der Waals surface area (Å²) in [6.45, 7) is 0. The lowest BCUT2D eigenvalue weighted by Crippen LogP contribution is -2.36. The third-order valence-electron chi connectivity index (χ3n) is 4.14.